The van der Waals surface area contributed by atoms with E-state index in [1.54, 1.807) is 0 Å². The van der Waals surface area contributed by atoms with Gasteiger partial charge in [0.1, 0.15) is 6.61 Å². The van der Waals surface area contributed by atoms with Crippen molar-refractivity contribution in [3.05, 3.63) is 24.8 Å². The average Bonchev–Trinajstić information content (AvgIpc) is 2.88. The fourth-order valence-electron chi connectivity index (χ4n) is 4.83. The normalized spacial score (nSPS) is 12.1. The molecular formula is C33H60O4. The summed E-state index contributed by atoms with van der Waals surface area (Å²) in [6, 6.07) is 0. The van der Waals surface area contributed by atoms with Crippen LogP contribution in [0, 0.1) is 5.92 Å². The van der Waals surface area contributed by atoms with Gasteiger partial charge in [0, 0.05) is 0 Å². The van der Waals surface area contributed by atoms with Gasteiger partial charge in [-0.3, -0.25) is 9.59 Å². The van der Waals surface area contributed by atoms with Crippen molar-refractivity contribution in [1.29, 1.82) is 0 Å². The molecule has 37 heavy (non-hydrogen) atoms. The first kappa shape index (κ1) is 35.4. The van der Waals surface area contributed by atoms with Crippen LogP contribution in [0.15, 0.2) is 24.8 Å². The molecule has 0 fully saturated rings. The number of esters is 1. The predicted octanol–water partition coefficient (Wildman–Crippen LogP) is 10.4. The number of unbranched alkanes of at least 4 members (excludes halogenated alkanes) is 20. The predicted molar refractivity (Wildman–Crippen MR) is 158 cm³/mol. The van der Waals surface area contributed by atoms with E-state index in [2.05, 4.69) is 25.7 Å². The van der Waals surface area contributed by atoms with E-state index in [0.717, 1.165) is 19.3 Å². The number of rotatable bonds is 29. The van der Waals surface area contributed by atoms with Gasteiger partial charge in [-0.15, -0.1) is 0 Å². The van der Waals surface area contributed by atoms with E-state index in [-0.39, 0.29) is 13.0 Å². The van der Waals surface area contributed by atoms with Crippen molar-refractivity contribution in [3.63, 3.8) is 0 Å². The van der Waals surface area contributed by atoms with E-state index in [4.69, 9.17) is 9.84 Å². The van der Waals surface area contributed by atoms with Crippen LogP contribution in [-0.2, 0) is 14.3 Å². The van der Waals surface area contributed by atoms with E-state index >= 15 is 0 Å². The highest BCUT2D eigenvalue weighted by Crippen LogP contribution is 2.18. The molecule has 0 amide bonds. The molecule has 1 N–H and O–H groups in total. The highest BCUT2D eigenvalue weighted by molar-refractivity contribution is 5.79. The van der Waals surface area contributed by atoms with Crippen molar-refractivity contribution < 1.29 is 19.4 Å². The Morgan fingerprint density at radius 2 is 1.08 bits per heavy atom. The Bertz CT molecular complexity index is 555. The lowest BCUT2D eigenvalue weighted by Crippen LogP contribution is -2.21. The molecule has 0 radical (unpaired) electrons. The van der Waals surface area contributed by atoms with Gasteiger partial charge in [-0.2, -0.15) is 0 Å². The minimum Gasteiger partial charge on any atom is -0.481 e. The molecule has 0 aromatic rings. The Morgan fingerprint density at radius 3 is 1.49 bits per heavy atom. The van der Waals surface area contributed by atoms with Gasteiger partial charge in [0.2, 0.25) is 0 Å². The lowest BCUT2D eigenvalue weighted by Gasteiger charge is -2.13. The molecule has 0 heterocycles. The van der Waals surface area contributed by atoms with Gasteiger partial charge in [-0.25, -0.2) is 0 Å². The number of carboxylic acid groups (broad SMARTS) is 1. The fourth-order valence-corrected chi connectivity index (χ4v) is 4.83. The number of carbonyl (C=O) groups excluding carboxylic acids is 1. The van der Waals surface area contributed by atoms with Crippen LogP contribution in [0.3, 0.4) is 0 Å². The van der Waals surface area contributed by atoms with E-state index in [1.165, 1.54) is 128 Å². The molecule has 0 spiro atoms. The fraction of sp³-hybridized carbons (Fsp3) is 0.818. The molecule has 4 nitrogen and oxygen atoms in total. The van der Waals surface area contributed by atoms with Crippen molar-refractivity contribution in [2.45, 2.75) is 161 Å². The molecule has 0 saturated carbocycles. The SMILES string of the molecule is C=CCOC(=O)C(CCCCCCCCCCCCCCCCCCCCC/C=C/CCC)CC(=O)O. The summed E-state index contributed by atoms with van der Waals surface area (Å²) in [5.74, 6) is -1.88. The Balaban J connectivity index is 3.35. The van der Waals surface area contributed by atoms with Crippen molar-refractivity contribution in [2.75, 3.05) is 6.61 Å². The maximum absolute atomic E-state index is 12.0. The summed E-state index contributed by atoms with van der Waals surface area (Å²) >= 11 is 0. The molecule has 0 rings (SSSR count). The second-order valence-corrected chi connectivity index (χ2v) is 10.8. The number of ether oxygens (including phenoxy) is 1. The third kappa shape index (κ3) is 27.3. The molecule has 0 aliphatic heterocycles. The first-order valence-corrected chi connectivity index (χ1v) is 15.8. The van der Waals surface area contributed by atoms with Crippen molar-refractivity contribution in [2.24, 2.45) is 5.92 Å². The molecule has 1 unspecified atom stereocenters. The standard InChI is InChI=1S/C33H60O4/c1-3-5-6-7-8-9-10-11-12-13-14-15-16-17-18-19-20-21-22-23-24-25-26-27-28-31(30-32(34)35)33(36)37-29-4-2/h4,6-7,31H,2-3,5,8-30H2,1H3,(H,34,35)/b7-6+. The molecule has 0 aromatic heterocycles. The van der Waals surface area contributed by atoms with Crippen LogP contribution in [0.1, 0.15) is 161 Å². The van der Waals surface area contributed by atoms with Crippen LogP contribution >= 0.6 is 0 Å². The summed E-state index contributed by atoms with van der Waals surface area (Å²) in [5, 5.41) is 9.02. The lowest BCUT2D eigenvalue weighted by molar-refractivity contribution is -0.152. The minimum atomic E-state index is -0.941. The van der Waals surface area contributed by atoms with Crippen molar-refractivity contribution in [1.82, 2.24) is 0 Å². The number of carbonyl (C=O) groups is 2. The Morgan fingerprint density at radius 1 is 0.676 bits per heavy atom. The first-order valence-electron chi connectivity index (χ1n) is 15.8. The van der Waals surface area contributed by atoms with E-state index in [9.17, 15) is 9.59 Å². The average molecular weight is 521 g/mol. The largest absolute Gasteiger partial charge is 0.481 e. The molecule has 1 atom stereocenters. The number of hydrogen-bond donors (Lipinski definition) is 1. The maximum atomic E-state index is 12.0. The summed E-state index contributed by atoms with van der Waals surface area (Å²) in [5.41, 5.74) is 0. The van der Waals surface area contributed by atoms with Crippen molar-refractivity contribution in [3.8, 4) is 0 Å². The zero-order valence-corrected chi connectivity index (χ0v) is 24.4. The van der Waals surface area contributed by atoms with Gasteiger partial charge in [-0.05, 0) is 25.7 Å². The zero-order valence-electron chi connectivity index (χ0n) is 24.4. The lowest BCUT2D eigenvalue weighted by atomic mass is 9.97. The molecular weight excluding hydrogens is 460 g/mol. The van der Waals surface area contributed by atoms with Crippen LogP contribution < -0.4 is 0 Å². The minimum absolute atomic E-state index is 0.145. The van der Waals surface area contributed by atoms with Crippen molar-refractivity contribution >= 4 is 11.9 Å². The molecule has 0 aromatic carbocycles. The van der Waals surface area contributed by atoms with Gasteiger partial charge < -0.3 is 9.84 Å². The van der Waals surface area contributed by atoms with Gasteiger partial charge in [0.05, 0.1) is 12.3 Å². The molecule has 0 aliphatic rings. The summed E-state index contributed by atoms with van der Waals surface area (Å²) in [4.78, 5) is 23.0. The van der Waals surface area contributed by atoms with E-state index in [0.29, 0.717) is 6.42 Å². The maximum Gasteiger partial charge on any atom is 0.309 e. The van der Waals surface area contributed by atoms with Crippen LogP contribution in [-0.4, -0.2) is 23.7 Å². The third-order valence-electron chi connectivity index (χ3n) is 7.14. The van der Waals surface area contributed by atoms with Gasteiger partial charge in [0.15, 0.2) is 0 Å². The highest BCUT2D eigenvalue weighted by atomic mass is 16.5. The topological polar surface area (TPSA) is 63.6 Å². The zero-order chi connectivity index (χ0) is 27.2. The molecule has 216 valence electrons. The number of aliphatic carboxylic acids is 1. The Kier molecular flexibility index (Phi) is 27.7. The third-order valence-corrected chi connectivity index (χ3v) is 7.14. The van der Waals surface area contributed by atoms with Gasteiger partial charge in [-0.1, -0.05) is 154 Å². The van der Waals surface area contributed by atoms with E-state index in [1.807, 2.05) is 0 Å². The summed E-state index contributed by atoms with van der Waals surface area (Å²) < 4.78 is 5.04. The van der Waals surface area contributed by atoms with Crippen LogP contribution in [0.25, 0.3) is 0 Å². The number of allylic oxidation sites excluding steroid dienone is 2. The summed E-state index contributed by atoms with van der Waals surface area (Å²) in [6.07, 6.45) is 35.6. The second-order valence-electron chi connectivity index (χ2n) is 10.8. The second kappa shape index (κ2) is 29.0. The van der Waals surface area contributed by atoms with Gasteiger partial charge in [0.25, 0.3) is 0 Å². The highest BCUT2D eigenvalue weighted by Gasteiger charge is 2.22. The monoisotopic (exact) mass is 520 g/mol. The molecule has 4 heteroatoms. The molecule has 0 bridgehead atoms. The number of hydrogen-bond acceptors (Lipinski definition) is 3. The smallest absolute Gasteiger partial charge is 0.309 e. The quantitative estimate of drug-likeness (QED) is 0.0605. The Labute approximate surface area is 229 Å². The Hall–Kier alpha value is -1.58. The molecule has 0 aliphatic carbocycles. The first-order chi connectivity index (χ1) is 18.1. The van der Waals surface area contributed by atoms with Gasteiger partial charge >= 0.3 is 11.9 Å². The summed E-state index contributed by atoms with van der Waals surface area (Å²) in [7, 11) is 0. The molecule has 0 saturated heterocycles. The van der Waals surface area contributed by atoms with Crippen LogP contribution in [0.2, 0.25) is 0 Å². The van der Waals surface area contributed by atoms with Crippen LogP contribution in [0.5, 0.6) is 0 Å². The van der Waals surface area contributed by atoms with Crippen LogP contribution in [0.4, 0.5) is 0 Å². The summed E-state index contributed by atoms with van der Waals surface area (Å²) in [6.45, 7) is 5.90. The number of carboxylic acids is 1. The van der Waals surface area contributed by atoms with E-state index < -0.39 is 17.9 Å².